The van der Waals surface area contributed by atoms with Crippen LogP contribution in [0.4, 0.5) is 0 Å². The molecule has 1 aromatic rings. The molecule has 2 nitrogen and oxygen atoms in total. The first-order valence-electron chi connectivity index (χ1n) is 9.56. The Balaban J connectivity index is 0.00000208. The molecule has 2 saturated carbocycles. The zero-order valence-corrected chi connectivity index (χ0v) is 16.1. The van der Waals surface area contributed by atoms with Crippen molar-refractivity contribution >= 4 is 12.4 Å². The Hall–Kier alpha value is -0.570. The lowest BCUT2D eigenvalue weighted by molar-refractivity contribution is -0.126. The van der Waals surface area contributed by atoms with Crippen LogP contribution in [0.15, 0.2) is 30.3 Å². The summed E-state index contributed by atoms with van der Waals surface area (Å²) in [6, 6.07) is 11.2. The molecule has 0 radical (unpaired) electrons. The van der Waals surface area contributed by atoms with Crippen LogP contribution < -0.4 is 0 Å². The first-order valence-corrected chi connectivity index (χ1v) is 9.56. The number of aliphatic hydroxyl groups is 1. The largest absolute Gasteiger partial charge is 0.389 e. The molecule has 2 fully saturated rings. The van der Waals surface area contributed by atoms with Crippen molar-refractivity contribution in [3.63, 3.8) is 0 Å². The van der Waals surface area contributed by atoms with Gasteiger partial charge in [-0.05, 0) is 51.3 Å². The molecule has 0 bridgehead atoms. The van der Waals surface area contributed by atoms with E-state index in [1.54, 1.807) is 0 Å². The lowest BCUT2D eigenvalue weighted by atomic mass is 9.61. The molecule has 2 aliphatic carbocycles. The van der Waals surface area contributed by atoms with Crippen molar-refractivity contribution < 1.29 is 5.11 Å². The summed E-state index contributed by atoms with van der Waals surface area (Å²) in [7, 11) is 4.35. The summed E-state index contributed by atoms with van der Waals surface area (Å²) in [5, 5.41) is 11.8. The van der Waals surface area contributed by atoms with Gasteiger partial charge in [0.2, 0.25) is 0 Å². The molecule has 136 valence electrons. The SMILES string of the molecule is CN(C)C(c1ccccc1)C1CCCCC1(O)C1CCCCC1.Cl. The minimum absolute atomic E-state index is 0. The van der Waals surface area contributed by atoms with E-state index in [0.717, 1.165) is 12.8 Å². The maximum Gasteiger partial charge on any atom is 0.0722 e. The molecular weight excluding hydrogens is 318 g/mol. The van der Waals surface area contributed by atoms with Gasteiger partial charge < -0.3 is 10.0 Å². The number of nitrogens with zero attached hydrogens (tertiary/aromatic N) is 1. The fourth-order valence-electron chi connectivity index (χ4n) is 5.29. The summed E-state index contributed by atoms with van der Waals surface area (Å²) in [6.07, 6.45) is 11.0. The van der Waals surface area contributed by atoms with E-state index in [-0.39, 0.29) is 12.4 Å². The van der Waals surface area contributed by atoms with Gasteiger partial charge in [0.1, 0.15) is 0 Å². The Kier molecular flexibility index (Phi) is 7.15. The molecule has 0 aliphatic heterocycles. The number of hydrogen-bond acceptors (Lipinski definition) is 2. The Morgan fingerprint density at radius 3 is 2.21 bits per heavy atom. The van der Waals surface area contributed by atoms with Crippen molar-refractivity contribution in [2.45, 2.75) is 69.4 Å². The Morgan fingerprint density at radius 2 is 1.58 bits per heavy atom. The second-order valence-electron chi connectivity index (χ2n) is 8.00. The molecule has 2 aliphatic rings. The van der Waals surface area contributed by atoms with Crippen LogP contribution in [0.3, 0.4) is 0 Å². The minimum atomic E-state index is -0.469. The highest BCUT2D eigenvalue weighted by Gasteiger charge is 2.48. The van der Waals surface area contributed by atoms with Gasteiger partial charge in [0.05, 0.1) is 5.60 Å². The van der Waals surface area contributed by atoms with Crippen LogP contribution >= 0.6 is 12.4 Å². The fraction of sp³-hybridized carbons (Fsp3) is 0.714. The van der Waals surface area contributed by atoms with Gasteiger partial charge in [-0.3, -0.25) is 0 Å². The average molecular weight is 352 g/mol. The van der Waals surface area contributed by atoms with Gasteiger partial charge in [-0.25, -0.2) is 0 Å². The van der Waals surface area contributed by atoms with Crippen LogP contribution in [0, 0.1) is 11.8 Å². The summed E-state index contributed by atoms with van der Waals surface area (Å²) in [6.45, 7) is 0. The summed E-state index contributed by atoms with van der Waals surface area (Å²) < 4.78 is 0. The van der Waals surface area contributed by atoms with E-state index in [9.17, 15) is 5.11 Å². The number of hydrogen-bond donors (Lipinski definition) is 1. The van der Waals surface area contributed by atoms with E-state index in [2.05, 4.69) is 49.3 Å². The normalized spacial score (nSPS) is 29.9. The standard InChI is InChI=1S/C21H33NO.ClH/c1-22(2)20(17-11-5-3-6-12-17)19-15-9-10-16-21(19,23)18-13-7-4-8-14-18;/h3,5-6,11-12,18-20,23H,4,7-10,13-16H2,1-2H3;1H. The van der Waals surface area contributed by atoms with Gasteiger partial charge in [0.25, 0.3) is 0 Å². The molecule has 0 amide bonds. The van der Waals surface area contributed by atoms with Gasteiger partial charge in [-0.1, -0.05) is 62.4 Å². The van der Waals surface area contributed by atoms with E-state index < -0.39 is 5.60 Å². The molecule has 1 aromatic carbocycles. The maximum atomic E-state index is 11.8. The van der Waals surface area contributed by atoms with Crippen LogP contribution in [-0.4, -0.2) is 29.7 Å². The van der Waals surface area contributed by atoms with Gasteiger partial charge in [-0.15, -0.1) is 12.4 Å². The van der Waals surface area contributed by atoms with Crippen LogP contribution in [0.25, 0.3) is 0 Å². The highest BCUT2D eigenvalue weighted by atomic mass is 35.5. The first-order chi connectivity index (χ1) is 11.1. The van der Waals surface area contributed by atoms with Crippen molar-refractivity contribution in [3.05, 3.63) is 35.9 Å². The predicted molar refractivity (Wildman–Crippen MR) is 104 cm³/mol. The topological polar surface area (TPSA) is 23.5 Å². The average Bonchev–Trinajstić information content (AvgIpc) is 2.58. The number of halogens is 1. The van der Waals surface area contributed by atoms with Crippen LogP contribution in [0.1, 0.15) is 69.4 Å². The molecule has 0 aromatic heterocycles. The highest BCUT2D eigenvalue weighted by molar-refractivity contribution is 5.85. The van der Waals surface area contributed by atoms with E-state index in [1.807, 2.05) is 0 Å². The van der Waals surface area contributed by atoms with Gasteiger partial charge in [0, 0.05) is 12.0 Å². The Bertz CT molecular complexity index is 486. The van der Waals surface area contributed by atoms with Gasteiger partial charge >= 0.3 is 0 Å². The molecule has 0 heterocycles. The molecule has 3 atom stereocenters. The predicted octanol–water partition coefficient (Wildman–Crippen LogP) is 5.21. The zero-order chi connectivity index (χ0) is 16.3. The van der Waals surface area contributed by atoms with E-state index >= 15 is 0 Å². The van der Waals surface area contributed by atoms with E-state index in [1.165, 1.54) is 50.5 Å². The van der Waals surface area contributed by atoms with Crippen molar-refractivity contribution in [2.24, 2.45) is 11.8 Å². The number of benzene rings is 1. The lowest BCUT2D eigenvalue weighted by Gasteiger charge is -2.51. The molecule has 0 spiro atoms. The second kappa shape index (κ2) is 8.69. The third-order valence-corrected chi connectivity index (χ3v) is 6.38. The van der Waals surface area contributed by atoms with E-state index in [0.29, 0.717) is 17.9 Å². The third kappa shape index (κ3) is 3.98. The molecule has 3 heteroatoms. The summed E-state index contributed by atoms with van der Waals surface area (Å²) in [5.41, 5.74) is 0.891. The summed E-state index contributed by atoms with van der Waals surface area (Å²) >= 11 is 0. The van der Waals surface area contributed by atoms with Crippen molar-refractivity contribution in [1.29, 1.82) is 0 Å². The number of rotatable bonds is 4. The minimum Gasteiger partial charge on any atom is -0.389 e. The van der Waals surface area contributed by atoms with Gasteiger partial charge in [-0.2, -0.15) is 0 Å². The van der Waals surface area contributed by atoms with Crippen molar-refractivity contribution in [2.75, 3.05) is 14.1 Å². The molecule has 1 N–H and O–H groups in total. The van der Waals surface area contributed by atoms with Crippen molar-refractivity contribution in [3.8, 4) is 0 Å². The molecule has 0 saturated heterocycles. The quantitative estimate of drug-likeness (QED) is 0.804. The Morgan fingerprint density at radius 1 is 0.958 bits per heavy atom. The van der Waals surface area contributed by atoms with Gasteiger partial charge in [0.15, 0.2) is 0 Å². The maximum absolute atomic E-state index is 11.8. The molecule has 3 rings (SSSR count). The molecule has 24 heavy (non-hydrogen) atoms. The monoisotopic (exact) mass is 351 g/mol. The summed E-state index contributed by atoms with van der Waals surface area (Å²) in [4.78, 5) is 2.33. The molecular formula is C21H34ClNO. The Labute approximate surface area is 154 Å². The zero-order valence-electron chi connectivity index (χ0n) is 15.3. The fourth-order valence-corrected chi connectivity index (χ4v) is 5.29. The van der Waals surface area contributed by atoms with Crippen LogP contribution in [0.2, 0.25) is 0 Å². The highest BCUT2D eigenvalue weighted by Crippen LogP contribution is 2.50. The van der Waals surface area contributed by atoms with Crippen LogP contribution in [-0.2, 0) is 0 Å². The molecule has 3 unspecified atom stereocenters. The lowest BCUT2D eigenvalue weighted by Crippen LogP contribution is -2.52. The summed E-state index contributed by atoms with van der Waals surface area (Å²) in [5.74, 6) is 0.865. The first kappa shape index (κ1) is 19.8. The van der Waals surface area contributed by atoms with Crippen molar-refractivity contribution in [1.82, 2.24) is 4.90 Å². The van der Waals surface area contributed by atoms with Crippen LogP contribution in [0.5, 0.6) is 0 Å². The second-order valence-corrected chi connectivity index (χ2v) is 8.00. The smallest absolute Gasteiger partial charge is 0.0722 e. The third-order valence-electron chi connectivity index (χ3n) is 6.38. The van der Waals surface area contributed by atoms with E-state index in [4.69, 9.17) is 0 Å².